The summed E-state index contributed by atoms with van der Waals surface area (Å²) in [6.45, 7) is -0.117. The molecule has 0 fully saturated rings. The Morgan fingerprint density at radius 2 is 1.81 bits per heavy atom. The van der Waals surface area contributed by atoms with Crippen LogP contribution >= 0.6 is 0 Å². The lowest BCUT2D eigenvalue weighted by atomic mass is 9.91. The van der Waals surface area contributed by atoms with Gasteiger partial charge < -0.3 is 9.84 Å². The van der Waals surface area contributed by atoms with Crippen LogP contribution in [0, 0.1) is 5.82 Å². The summed E-state index contributed by atoms with van der Waals surface area (Å²) < 4.78 is 18.4. The Balaban J connectivity index is 2.25. The molecule has 5 heteroatoms. The highest BCUT2D eigenvalue weighted by molar-refractivity contribution is 5.81. The van der Waals surface area contributed by atoms with E-state index in [0.29, 0.717) is 11.3 Å². The SMILES string of the molecule is CNC(COc1ccc(F)cc1)(C(=O)O)c1ccccc1. The lowest BCUT2D eigenvalue weighted by Gasteiger charge is -2.29. The van der Waals surface area contributed by atoms with E-state index in [4.69, 9.17) is 4.74 Å². The average molecular weight is 289 g/mol. The van der Waals surface area contributed by atoms with Crippen LogP contribution in [0.15, 0.2) is 54.6 Å². The van der Waals surface area contributed by atoms with Gasteiger partial charge in [-0.15, -0.1) is 0 Å². The molecule has 2 aromatic carbocycles. The van der Waals surface area contributed by atoms with Crippen molar-refractivity contribution in [2.75, 3.05) is 13.7 Å². The molecule has 0 aliphatic carbocycles. The number of carbonyl (C=O) groups is 1. The molecule has 0 aromatic heterocycles. The maximum Gasteiger partial charge on any atom is 0.332 e. The van der Waals surface area contributed by atoms with Crippen LogP contribution in [-0.4, -0.2) is 24.7 Å². The molecule has 4 nitrogen and oxygen atoms in total. The number of hydrogen-bond acceptors (Lipinski definition) is 3. The van der Waals surface area contributed by atoms with E-state index in [0.717, 1.165) is 0 Å². The predicted octanol–water partition coefficient (Wildman–Crippen LogP) is 2.40. The van der Waals surface area contributed by atoms with Crippen molar-refractivity contribution < 1.29 is 19.0 Å². The molecule has 0 bridgehead atoms. The van der Waals surface area contributed by atoms with Crippen LogP contribution in [0.1, 0.15) is 5.56 Å². The third kappa shape index (κ3) is 3.20. The molecule has 0 spiro atoms. The second-order valence-corrected chi connectivity index (χ2v) is 4.57. The molecule has 21 heavy (non-hydrogen) atoms. The van der Waals surface area contributed by atoms with E-state index in [9.17, 15) is 14.3 Å². The Morgan fingerprint density at radius 3 is 2.33 bits per heavy atom. The fraction of sp³-hybridized carbons (Fsp3) is 0.188. The first-order chi connectivity index (χ1) is 10.1. The van der Waals surface area contributed by atoms with Crippen molar-refractivity contribution in [1.82, 2.24) is 5.32 Å². The van der Waals surface area contributed by atoms with Crippen LogP contribution in [0.5, 0.6) is 5.75 Å². The molecule has 0 saturated heterocycles. The number of halogens is 1. The Labute approximate surface area is 122 Å². The predicted molar refractivity (Wildman–Crippen MR) is 76.7 cm³/mol. The zero-order valence-corrected chi connectivity index (χ0v) is 11.5. The second-order valence-electron chi connectivity index (χ2n) is 4.57. The highest BCUT2D eigenvalue weighted by Crippen LogP contribution is 2.23. The first-order valence-corrected chi connectivity index (χ1v) is 6.45. The molecule has 0 amide bonds. The van der Waals surface area contributed by atoms with E-state index in [1.165, 1.54) is 24.3 Å². The number of rotatable bonds is 6. The standard InChI is InChI=1S/C16H16FNO3/c1-18-16(15(19)20,12-5-3-2-4-6-12)11-21-14-9-7-13(17)8-10-14/h2-10,18H,11H2,1H3,(H,19,20). The van der Waals surface area contributed by atoms with Crippen molar-refractivity contribution >= 4 is 5.97 Å². The van der Waals surface area contributed by atoms with Gasteiger partial charge >= 0.3 is 5.97 Å². The largest absolute Gasteiger partial charge is 0.491 e. The Bertz CT molecular complexity index is 601. The quantitative estimate of drug-likeness (QED) is 0.857. The number of benzene rings is 2. The number of likely N-dealkylation sites (N-methyl/N-ethyl adjacent to an activating group) is 1. The van der Waals surface area contributed by atoms with Crippen LogP contribution in [0.2, 0.25) is 0 Å². The van der Waals surface area contributed by atoms with Crippen LogP contribution in [-0.2, 0) is 10.3 Å². The van der Waals surface area contributed by atoms with Crippen molar-refractivity contribution in [2.24, 2.45) is 0 Å². The third-order valence-corrected chi connectivity index (χ3v) is 3.33. The monoisotopic (exact) mass is 289 g/mol. The van der Waals surface area contributed by atoms with Gasteiger partial charge in [0, 0.05) is 0 Å². The molecule has 110 valence electrons. The lowest BCUT2D eigenvalue weighted by Crippen LogP contribution is -2.52. The van der Waals surface area contributed by atoms with E-state index < -0.39 is 11.5 Å². The van der Waals surface area contributed by atoms with E-state index in [-0.39, 0.29) is 12.4 Å². The summed E-state index contributed by atoms with van der Waals surface area (Å²) in [5.74, 6) is -1.00. The van der Waals surface area contributed by atoms with Gasteiger partial charge in [0.05, 0.1) is 0 Å². The second kappa shape index (κ2) is 6.37. The summed E-state index contributed by atoms with van der Waals surface area (Å²) in [5, 5.41) is 12.4. The van der Waals surface area contributed by atoms with Gasteiger partial charge in [0.2, 0.25) is 0 Å². The molecule has 0 aliphatic rings. The molecule has 0 aliphatic heterocycles. The van der Waals surface area contributed by atoms with Crippen LogP contribution in [0.3, 0.4) is 0 Å². The van der Waals surface area contributed by atoms with E-state index in [2.05, 4.69) is 5.32 Å². The first-order valence-electron chi connectivity index (χ1n) is 6.45. The summed E-state index contributed by atoms with van der Waals surface area (Å²) in [5.41, 5.74) is -0.780. The minimum Gasteiger partial charge on any atom is -0.491 e. The molecule has 2 aromatic rings. The third-order valence-electron chi connectivity index (χ3n) is 3.33. The molecule has 1 atom stereocenters. The van der Waals surface area contributed by atoms with Crippen LogP contribution in [0.4, 0.5) is 4.39 Å². The molecule has 1 unspecified atom stereocenters. The Hall–Kier alpha value is -2.40. The number of ether oxygens (including phenoxy) is 1. The first kappa shape index (κ1) is 15.0. The van der Waals surface area contributed by atoms with Gasteiger partial charge in [-0.3, -0.25) is 5.32 Å². The molecular weight excluding hydrogens is 273 g/mol. The van der Waals surface area contributed by atoms with Gasteiger partial charge in [-0.25, -0.2) is 9.18 Å². The van der Waals surface area contributed by atoms with Gasteiger partial charge in [-0.2, -0.15) is 0 Å². The molecule has 2 rings (SSSR count). The average Bonchev–Trinajstić information content (AvgIpc) is 2.51. The van der Waals surface area contributed by atoms with E-state index >= 15 is 0 Å². The van der Waals surface area contributed by atoms with E-state index in [1.807, 2.05) is 6.07 Å². The normalized spacial score (nSPS) is 13.4. The number of aliphatic carboxylic acids is 1. The van der Waals surface area contributed by atoms with Crippen LogP contribution in [0.25, 0.3) is 0 Å². The van der Waals surface area contributed by atoms with Crippen molar-refractivity contribution in [3.8, 4) is 5.75 Å². The molecule has 0 radical (unpaired) electrons. The van der Waals surface area contributed by atoms with Gasteiger partial charge in [-0.05, 0) is 36.9 Å². The summed E-state index contributed by atoms with van der Waals surface area (Å²) in [6.07, 6.45) is 0. The number of carboxylic acids is 1. The number of nitrogens with one attached hydrogen (secondary N) is 1. The minimum atomic E-state index is -1.37. The summed E-state index contributed by atoms with van der Waals surface area (Å²) in [4.78, 5) is 11.7. The van der Waals surface area contributed by atoms with Crippen molar-refractivity contribution in [3.05, 3.63) is 66.0 Å². The zero-order chi connectivity index (χ0) is 15.3. The van der Waals surface area contributed by atoms with Crippen LogP contribution < -0.4 is 10.1 Å². The lowest BCUT2D eigenvalue weighted by molar-refractivity contribution is -0.146. The maximum absolute atomic E-state index is 12.9. The minimum absolute atomic E-state index is 0.117. The topological polar surface area (TPSA) is 58.6 Å². The maximum atomic E-state index is 12.9. The van der Waals surface area contributed by atoms with Crippen molar-refractivity contribution in [1.29, 1.82) is 0 Å². The summed E-state index contributed by atoms with van der Waals surface area (Å²) >= 11 is 0. The van der Waals surface area contributed by atoms with Gasteiger partial charge in [0.1, 0.15) is 18.2 Å². The van der Waals surface area contributed by atoms with Crippen molar-refractivity contribution in [2.45, 2.75) is 5.54 Å². The van der Waals surface area contributed by atoms with Gasteiger partial charge in [0.15, 0.2) is 5.54 Å². The van der Waals surface area contributed by atoms with E-state index in [1.54, 1.807) is 31.3 Å². The number of carboxylic acid groups (broad SMARTS) is 1. The summed E-state index contributed by atoms with van der Waals surface area (Å²) in [7, 11) is 1.56. The van der Waals surface area contributed by atoms with Gasteiger partial charge in [-0.1, -0.05) is 30.3 Å². The highest BCUT2D eigenvalue weighted by atomic mass is 19.1. The Morgan fingerprint density at radius 1 is 1.19 bits per heavy atom. The smallest absolute Gasteiger partial charge is 0.332 e. The van der Waals surface area contributed by atoms with Crippen molar-refractivity contribution in [3.63, 3.8) is 0 Å². The molecule has 2 N–H and O–H groups in total. The summed E-state index contributed by atoms with van der Waals surface area (Å²) in [6, 6.07) is 14.2. The molecule has 0 saturated carbocycles. The fourth-order valence-electron chi connectivity index (χ4n) is 2.04. The Kier molecular flexibility index (Phi) is 4.55. The number of hydrogen-bond donors (Lipinski definition) is 2. The molecular formula is C16H16FNO3. The zero-order valence-electron chi connectivity index (χ0n) is 11.5. The highest BCUT2D eigenvalue weighted by Gasteiger charge is 2.40. The van der Waals surface area contributed by atoms with Gasteiger partial charge in [0.25, 0.3) is 0 Å². The molecule has 0 heterocycles. The fourth-order valence-corrected chi connectivity index (χ4v) is 2.04.